The van der Waals surface area contributed by atoms with Gasteiger partial charge in [-0.2, -0.15) is 0 Å². The Bertz CT molecular complexity index is 3840. The highest BCUT2D eigenvalue weighted by Gasteiger charge is 2.21. The van der Waals surface area contributed by atoms with Crippen molar-refractivity contribution in [2.45, 2.75) is 0 Å². The first-order chi connectivity index (χ1) is 31.3. The maximum atomic E-state index is 5.20. The van der Waals surface area contributed by atoms with Crippen LogP contribution in [0.5, 0.6) is 0 Å². The smallest absolute Gasteiger partial charge is 0.164 e. The SMILES string of the molecule is c1ccc(-c2nc(-c3ccc(-n4c5ccccc5c5ccc6c(c7ccccc7n6-c6ccccc6)c54)cc3)nc(-c3cccc(-n4c5ccccc5c5ccccc54)c3)n2)cc1. The molecule has 13 aromatic rings. The zero-order valence-corrected chi connectivity index (χ0v) is 34.0. The fourth-order valence-electron chi connectivity index (χ4n) is 9.73. The molecular weight excluding hydrogens is 769 g/mol. The van der Waals surface area contributed by atoms with E-state index in [1.807, 2.05) is 18.2 Å². The zero-order chi connectivity index (χ0) is 41.4. The van der Waals surface area contributed by atoms with Crippen LogP contribution in [0.2, 0.25) is 0 Å². The lowest BCUT2D eigenvalue weighted by atomic mass is 10.1. The number of hydrogen-bond acceptors (Lipinski definition) is 3. The Morgan fingerprint density at radius 1 is 0.254 bits per heavy atom. The van der Waals surface area contributed by atoms with Crippen LogP contribution in [0, 0.1) is 0 Å². The van der Waals surface area contributed by atoms with Gasteiger partial charge in [-0.25, -0.2) is 15.0 Å². The molecule has 63 heavy (non-hydrogen) atoms. The molecule has 0 unspecified atom stereocenters. The van der Waals surface area contributed by atoms with E-state index >= 15 is 0 Å². The maximum absolute atomic E-state index is 5.20. The summed E-state index contributed by atoms with van der Waals surface area (Å²) in [5.41, 5.74) is 13.0. The lowest BCUT2D eigenvalue weighted by molar-refractivity contribution is 1.07. The maximum Gasteiger partial charge on any atom is 0.164 e. The Kier molecular flexibility index (Phi) is 7.80. The highest BCUT2D eigenvalue weighted by Crippen LogP contribution is 2.42. The molecule has 0 amide bonds. The third kappa shape index (κ3) is 5.48. The van der Waals surface area contributed by atoms with E-state index in [0.717, 1.165) is 50.3 Å². The number of hydrogen-bond donors (Lipinski definition) is 0. The van der Waals surface area contributed by atoms with Gasteiger partial charge in [0.15, 0.2) is 17.5 Å². The molecule has 9 aromatic carbocycles. The van der Waals surface area contributed by atoms with Crippen molar-refractivity contribution < 1.29 is 0 Å². The molecule has 294 valence electrons. The van der Waals surface area contributed by atoms with Gasteiger partial charge in [0.25, 0.3) is 0 Å². The van der Waals surface area contributed by atoms with Crippen LogP contribution >= 0.6 is 0 Å². The summed E-state index contributed by atoms with van der Waals surface area (Å²) in [5.74, 6) is 1.86. The van der Waals surface area contributed by atoms with Crippen molar-refractivity contribution in [1.29, 1.82) is 0 Å². The first kappa shape index (κ1) is 35.2. The number of benzene rings is 9. The third-order valence-corrected chi connectivity index (χ3v) is 12.5. The lowest BCUT2D eigenvalue weighted by Crippen LogP contribution is -2.01. The van der Waals surface area contributed by atoms with Crippen LogP contribution in [0.15, 0.2) is 218 Å². The molecular formula is C57H36N6. The molecule has 0 spiro atoms. The van der Waals surface area contributed by atoms with Gasteiger partial charge in [-0.05, 0) is 78.9 Å². The molecule has 0 radical (unpaired) electrons. The van der Waals surface area contributed by atoms with E-state index < -0.39 is 0 Å². The quantitative estimate of drug-likeness (QED) is 0.168. The molecule has 0 fully saturated rings. The normalized spacial score (nSPS) is 11.8. The highest BCUT2D eigenvalue weighted by molar-refractivity contribution is 6.26. The summed E-state index contributed by atoms with van der Waals surface area (Å²) in [4.78, 5) is 15.4. The molecule has 0 N–H and O–H groups in total. The van der Waals surface area contributed by atoms with Gasteiger partial charge in [-0.15, -0.1) is 0 Å². The first-order valence-electron chi connectivity index (χ1n) is 21.3. The second-order valence-electron chi connectivity index (χ2n) is 16.0. The highest BCUT2D eigenvalue weighted by atomic mass is 15.0. The van der Waals surface area contributed by atoms with Gasteiger partial charge in [-0.1, -0.05) is 140 Å². The Balaban J connectivity index is 0.980. The summed E-state index contributed by atoms with van der Waals surface area (Å²) in [7, 11) is 0. The van der Waals surface area contributed by atoms with Crippen LogP contribution in [-0.4, -0.2) is 28.7 Å². The van der Waals surface area contributed by atoms with Gasteiger partial charge in [0.05, 0.1) is 33.1 Å². The minimum absolute atomic E-state index is 0.614. The number of para-hydroxylation sites is 5. The molecule has 6 heteroatoms. The summed E-state index contributed by atoms with van der Waals surface area (Å²) >= 11 is 0. The molecule has 0 saturated carbocycles. The molecule has 0 aliphatic carbocycles. The van der Waals surface area contributed by atoms with E-state index in [0.29, 0.717) is 17.5 Å². The third-order valence-electron chi connectivity index (χ3n) is 12.5. The van der Waals surface area contributed by atoms with Gasteiger partial charge in [0, 0.05) is 66.1 Å². The molecule has 4 heterocycles. The van der Waals surface area contributed by atoms with Gasteiger partial charge in [0.2, 0.25) is 0 Å². The fourth-order valence-corrected chi connectivity index (χ4v) is 9.73. The Morgan fingerprint density at radius 2 is 0.683 bits per heavy atom. The second kappa shape index (κ2) is 14.0. The summed E-state index contributed by atoms with van der Waals surface area (Å²) in [5, 5.41) is 7.32. The van der Waals surface area contributed by atoms with Crippen LogP contribution in [-0.2, 0) is 0 Å². The van der Waals surface area contributed by atoms with E-state index in [2.05, 4.69) is 214 Å². The Hall–Kier alpha value is -8.61. The molecule has 0 aliphatic heterocycles. The number of aromatic nitrogens is 6. The van der Waals surface area contributed by atoms with Crippen molar-refractivity contribution in [2.24, 2.45) is 0 Å². The number of nitrogens with zero attached hydrogens (tertiary/aromatic N) is 6. The average Bonchev–Trinajstić information content (AvgIpc) is 4.00. The van der Waals surface area contributed by atoms with Crippen molar-refractivity contribution >= 4 is 65.4 Å². The van der Waals surface area contributed by atoms with Crippen molar-refractivity contribution in [1.82, 2.24) is 28.7 Å². The second-order valence-corrected chi connectivity index (χ2v) is 16.0. The molecule has 6 nitrogen and oxygen atoms in total. The monoisotopic (exact) mass is 804 g/mol. The van der Waals surface area contributed by atoms with Crippen molar-refractivity contribution in [3.8, 4) is 51.2 Å². The molecule has 4 aromatic heterocycles. The van der Waals surface area contributed by atoms with Gasteiger partial charge in [-0.3, -0.25) is 0 Å². The zero-order valence-electron chi connectivity index (χ0n) is 34.0. The van der Waals surface area contributed by atoms with Crippen LogP contribution in [0.25, 0.3) is 117 Å². The predicted molar refractivity (Wildman–Crippen MR) is 259 cm³/mol. The summed E-state index contributed by atoms with van der Waals surface area (Å²) in [6.07, 6.45) is 0. The average molecular weight is 805 g/mol. The number of fused-ring (bicyclic) bond motifs is 10. The van der Waals surface area contributed by atoms with Crippen molar-refractivity contribution in [3.05, 3.63) is 218 Å². The summed E-state index contributed by atoms with van der Waals surface area (Å²) in [6, 6.07) is 77.3. The van der Waals surface area contributed by atoms with Gasteiger partial charge in [0.1, 0.15) is 0 Å². The number of rotatable bonds is 6. The summed E-state index contributed by atoms with van der Waals surface area (Å²) in [6.45, 7) is 0. The molecule has 13 rings (SSSR count). The molecule has 0 aliphatic rings. The van der Waals surface area contributed by atoms with Crippen molar-refractivity contribution in [3.63, 3.8) is 0 Å². The van der Waals surface area contributed by atoms with Crippen LogP contribution in [0.3, 0.4) is 0 Å². The van der Waals surface area contributed by atoms with E-state index in [1.165, 1.54) is 48.9 Å². The van der Waals surface area contributed by atoms with Crippen molar-refractivity contribution in [2.75, 3.05) is 0 Å². The van der Waals surface area contributed by atoms with E-state index in [1.54, 1.807) is 0 Å². The van der Waals surface area contributed by atoms with Gasteiger partial charge < -0.3 is 13.7 Å². The largest absolute Gasteiger partial charge is 0.309 e. The van der Waals surface area contributed by atoms with Crippen LogP contribution < -0.4 is 0 Å². The van der Waals surface area contributed by atoms with E-state index in [4.69, 9.17) is 15.0 Å². The minimum atomic E-state index is 0.614. The first-order valence-corrected chi connectivity index (χ1v) is 21.3. The summed E-state index contributed by atoms with van der Waals surface area (Å²) < 4.78 is 7.14. The van der Waals surface area contributed by atoms with Crippen LogP contribution in [0.4, 0.5) is 0 Å². The molecule has 0 saturated heterocycles. The standard InChI is InChI=1S/C57H36N6/c1-3-16-37(17-4-1)55-58-56(60-57(59-55)39-18-15-21-42(36-39)62-48-26-11-7-22-43(48)44-23-8-12-27-49(44)62)38-30-32-41(33-31-38)63-50-28-13-9-24-45(50)46-34-35-52-53(54(46)63)47-25-10-14-29-51(47)61(52)40-19-5-2-6-20-40/h1-36H. The predicted octanol–water partition coefficient (Wildman–Crippen LogP) is 14.2. The fraction of sp³-hybridized carbons (Fsp3) is 0. The minimum Gasteiger partial charge on any atom is -0.309 e. The van der Waals surface area contributed by atoms with E-state index in [-0.39, 0.29) is 0 Å². The molecule has 0 bridgehead atoms. The Labute approximate surface area is 362 Å². The lowest BCUT2D eigenvalue weighted by Gasteiger charge is -2.12. The van der Waals surface area contributed by atoms with E-state index in [9.17, 15) is 0 Å². The topological polar surface area (TPSA) is 53.5 Å². The van der Waals surface area contributed by atoms with Crippen LogP contribution in [0.1, 0.15) is 0 Å². The Morgan fingerprint density at radius 3 is 1.32 bits per heavy atom. The van der Waals surface area contributed by atoms with Gasteiger partial charge >= 0.3 is 0 Å². The molecule has 0 atom stereocenters.